The molecule has 2 unspecified atom stereocenters. The van der Waals surface area contributed by atoms with Gasteiger partial charge in [0.15, 0.2) is 14.6 Å². The first-order valence-electron chi connectivity index (χ1n) is 8.09. The van der Waals surface area contributed by atoms with Crippen LogP contribution < -0.4 is 0 Å². The van der Waals surface area contributed by atoms with Crippen LogP contribution in [-0.4, -0.2) is 47.9 Å². The lowest BCUT2D eigenvalue weighted by Crippen LogP contribution is -2.47. The zero-order valence-electron chi connectivity index (χ0n) is 13.3. The Morgan fingerprint density at radius 2 is 2.00 bits per heavy atom. The summed E-state index contributed by atoms with van der Waals surface area (Å²) in [6.07, 6.45) is 3.50. The highest BCUT2D eigenvalue weighted by molar-refractivity contribution is 7.93. The van der Waals surface area contributed by atoms with Gasteiger partial charge in [-0.2, -0.15) is 0 Å². The first-order valence-corrected chi connectivity index (χ1v) is 9.98. The van der Waals surface area contributed by atoms with Crippen molar-refractivity contribution < 1.29 is 18.3 Å². The summed E-state index contributed by atoms with van der Waals surface area (Å²) in [5, 5.41) is 10.4. The van der Waals surface area contributed by atoms with E-state index in [0.717, 1.165) is 24.7 Å². The lowest BCUT2D eigenvalue weighted by molar-refractivity contribution is -0.132. The average molecular weight is 337 g/mol. The third kappa shape index (κ3) is 3.02. The standard InChI is InChI=1S/C17H23NO4S/c1-23(21,22)17(9-10-17)16(20)18-11-5-8-14(18)12-15(19)13-6-3-2-4-7-13/h2-4,6-7,14-15,19H,5,8-12H2,1H3. The van der Waals surface area contributed by atoms with Crippen molar-refractivity contribution in [3.63, 3.8) is 0 Å². The maximum atomic E-state index is 12.8. The Bertz CT molecular complexity index is 682. The highest BCUT2D eigenvalue weighted by Gasteiger charge is 2.61. The van der Waals surface area contributed by atoms with E-state index in [2.05, 4.69) is 0 Å². The van der Waals surface area contributed by atoms with Gasteiger partial charge in [-0.15, -0.1) is 0 Å². The van der Waals surface area contributed by atoms with Crippen molar-refractivity contribution in [3.8, 4) is 0 Å². The molecule has 1 aromatic carbocycles. The van der Waals surface area contributed by atoms with Crippen LogP contribution in [0, 0.1) is 0 Å². The molecule has 0 bridgehead atoms. The fraction of sp³-hybridized carbons (Fsp3) is 0.588. The zero-order chi connectivity index (χ0) is 16.7. The molecule has 0 spiro atoms. The SMILES string of the molecule is CS(=O)(=O)C1(C(=O)N2CCCC2CC(O)c2ccccc2)CC1. The maximum Gasteiger partial charge on any atom is 0.244 e. The van der Waals surface area contributed by atoms with Crippen molar-refractivity contribution in [1.29, 1.82) is 0 Å². The number of aliphatic hydroxyl groups excluding tert-OH is 1. The molecule has 1 aliphatic carbocycles. The summed E-state index contributed by atoms with van der Waals surface area (Å²) in [7, 11) is -3.39. The maximum absolute atomic E-state index is 12.8. The average Bonchev–Trinajstić information content (AvgIpc) is 3.22. The van der Waals surface area contributed by atoms with Gasteiger partial charge in [0.05, 0.1) is 6.10 Å². The predicted octanol–water partition coefficient (Wildman–Crippen LogP) is 1.68. The van der Waals surface area contributed by atoms with Gasteiger partial charge in [-0.25, -0.2) is 8.42 Å². The molecule has 1 N–H and O–H groups in total. The molecule has 1 aromatic rings. The smallest absolute Gasteiger partial charge is 0.244 e. The number of carbonyl (C=O) groups is 1. The van der Waals surface area contributed by atoms with Crippen LogP contribution in [0.3, 0.4) is 0 Å². The van der Waals surface area contributed by atoms with Crippen molar-refractivity contribution in [1.82, 2.24) is 4.90 Å². The normalized spacial score (nSPS) is 24.4. The number of amides is 1. The Balaban J connectivity index is 1.73. The largest absolute Gasteiger partial charge is 0.388 e. The molecule has 2 atom stereocenters. The van der Waals surface area contributed by atoms with Crippen LogP contribution in [0.5, 0.6) is 0 Å². The highest BCUT2D eigenvalue weighted by Crippen LogP contribution is 2.46. The first kappa shape index (κ1) is 16.5. The van der Waals surface area contributed by atoms with Crippen molar-refractivity contribution in [3.05, 3.63) is 35.9 Å². The molecule has 23 heavy (non-hydrogen) atoms. The summed E-state index contributed by atoms with van der Waals surface area (Å²) in [5.74, 6) is -0.261. The number of nitrogens with zero attached hydrogens (tertiary/aromatic N) is 1. The summed E-state index contributed by atoms with van der Waals surface area (Å²) in [5.41, 5.74) is 0.830. The molecule has 1 amide bonds. The Kier molecular flexibility index (Phi) is 4.23. The van der Waals surface area contributed by atoms with E-state index in [4.69, 9.17) is 0 Å². The lowest BCUT2D eigenvalue weighted by atomic mass is 10.0. The minimum atomic E-state index is -3.39. The molecule has 126 valence electrons. The quantitative estimate of drug-likeness (QED) is 0.887. The molecule has 6 heteroatoms. The fourth-order valence-electron chi connectivity index (χ4n) is 3.54. The van der Waals surface area contributed by atoms with Gasteiger partial charge < -0.3 is 10.0 Å². The van der Waals surface area contributed by atoms with Gasteiger partial charge in [0.1, 0.15) is 0 Å². The van der Waals surface area contributed by atoms with E-state index in [0.29, 0.717) is 25.8 Å². The van der Waals surface area contributed by atoms with E-state index in [9.17, 15) is 18.3 Å². The Hall–Kier alpha value is -1.40. The Labute approximate surface area is 137 Å². The van der Waals surface area contributed by atoms with Crippen LogP contribution in [0.25, 0.3) is 0 Å². The Morgan fingerprint density at radius 1 is 1.35 bits per heavy atom. The molecular formula is C17H23NO4S. The van der Waals surface area contributed by atoms with E-state index in [1.165, 1.54) is 0 Å². The highest BCUT2D eigenvalue weighted by atomic mass is 32.2. The summed E-state index contributed by atoms with van der Waals surface area (Å²) in [6, 6.07) is 9.29. The summed E-state index contributed by atoms with van der Waals surface area (Å²) in [6.45, 7) is 0.586. The third-order valence-electron chi connectivity index (χ3n) is 5.12. The van der Waals surface area contributed by atoms with Gasteiger partial charge in [-0.1, -0.05) is 30.3 Å². The summed E-state index contributed by atoms with van der Waals surface area (Å²) in [4.78, 5) is 14.5. The molecule has 0 radical (unpaired) electrons. The number of hydrogen-bond acceptors (Lipinski definition) is 4. The van der Waals surface area contributed by atoms with Gasteiger partial charge in [-0.05, 0) is 37.7 Å². The molecule has 1 heterocycles. The van der Waals surface area contributed by atoms with Crippen LogP contribution in [0.1, 0.15) is 43.8 Å². The van der Waals surface area contributed by atoms with Gasteiger partial charge in [0.2, 0.25) is 5.91 Å². The van der Waals surface area contributed by atoms with Gasteiger partial charge >= 0.3 is 0 Å². The van der Waals surface area contributed by atoms with E-state index in [1.807, 2.05) is 30.3 Å². The number of likely N-dealkylation sites (tertiary alicyclic amines) is 1. The minimum Gasteiger partial charge on any atom is -0.388 e. The summed E-state index contributed by atoms with van der Waals surface area (Å²) >= 11 is 0. The second kappa shape index (κ2) is 5.91. The first-order chi connectivity index (χ1) is 10.8. The van der Waals surface area contributed by atoms with Crippen LogP contribution in [0.2, 0.25) is 0 Å². The molecule has 1 saturated carbocycles. The predicted molar refractivity (Wildman–Crippen MR) is 87.6 cm³/mol. The molecule has 1 aliphatic heterocycles. The number of benzene rings is 1. The number of rotatable bonds is 5. The second-order valence-electron chi connectivity index (χ2n) is 6.72. The van der Waals surface area contributed by atoms with Crippen LogP contribution in [0.4, 0.5) is 0 Å². The van der Waals surface area contributed by atoms with Crippen molar-refractivity contribution in [2.24, 2.45) is 0 Å². The third-order valence-corrected chi connectivity index (χ3v) is 7.12. The fourth-order valence-corrected chi connectivity index (χ4v) is 4.81. The molecular weight excluding hydrogens is 314 g/mol. The molecule has 2 fully saturated rings. The second-order valence-corrected chi connectivity index (χ2v) is 9.05. The van der Waals surface area contributed by atoms with Crippen molar-refractivity contribution in [2.45, 2.75) is 49.0 Å². The minimum absolute atomic E-state index is 0.0862. The van der Waals surface area contributed by atoms with E-state index >= 15 is 0 Å². The van der Waals surface area contributed by atoms with Crippen LogP contribution in [0.15, 0.2) is 30.3 Å². The van der Waals surface area contributed by atoms with Gasteiger partial charge in [0, 0.05) is 18.8 Å². The summed E-state index contributed by atoms with van der Waals surface area (Å²) < 4.78 is 22.7. The van der Waals surface area contributed by atoms with Crippen LogP contribution >= 0.6 is 0 Å². The molecule has 3 rings (SSSR count). The monoisotopic (exact) mass is 337 g/mol. The number of carbonyl (C=O) groups excluding carboxylic acids is 1. The zero-order valence-corrected chi connectivity index (χ0v) is 14.1. The number of hydrogen-bond donors (Lipinski definition) is 1. The Morgan fingerprint density at radius 3 is 2.57 bits per heavy atom. The van der Waals surface area contributed by atoms with Crippen molar-refractivity contribution in [2.75, 3.05) is 12.8 Å². The number of aliphatic hydroxyl groups is 1. The van der Waals surface area contributed by atoms with Crippen LogP contribution in [-0.2, 0) is 14.6 Å². The molecule has 1 saturated heterocycles. The van der Waals surface area contributed by atoms with E-state index in [-0.39, 0.29) is 11.9 Å². The van der Waals surface area contributed by atoms with Gasteiger partial charge in [0.25, 0.3) is 0 Å². The van der Waals surface area contributed by atoms with Gasteiger partial charge in [-0.3, -0.25) is 4.79 Å². The van der Waals surface area contributed by atoms with E-state index in [1.54, 1.807) is 4.90 Å². The molecule has 0 aromatic heterocycles. The topological polar surface area (TPSA) is 74.7 Å². The van der Waals surface area contributed by atoms with Crippen molar-refractivity contribution >= 4 is 15.7 Å². The molecule has 5 nitrogen and oxygen atoms in total. The molecule has 2 aliphatic rings. The number of sulfone groups is 1. The lowest BCUT2D eigenvalue weighted by Gasteiger charge is -2.29. The van der Waals surface area contributed by atoms with E-state index < -0.39 is 20.7 Å².